The van der Waals surface area contributed by atoms with Crippen LogP contribution in [0.15, 0.2) is 58.5 Å². The van der Waals surface area contributed by atoms with Gasteiger partial charge in [-0.25, -0.2) is 0 Å². The zero-order valence-corrected chi connectivity index (χ0v) is 15.7. The Hall–Kier alpha value is -2.68. The molecule has 0 spiro atoms. The standard InChI is InChI=1S/C18H16ClN3O4S/c19-13-5-6-16(17(9-13)22(24)25)20-18(23)12-21(10-14-3-1-7-26-14)11-15-4-2-8-27-15/h1-9H,10-12H2,(H,20,23). The first-order valence-electron chi connectivity index (χ1n) is 8.02. The highest BCUT2D eigenvalue weighted by molar-refractivity contribution is 7.09. The minimum Gasteiger partial charge on any atom is -0.468 e. The first kappa shape index (κ1) is 19.1. The second-order valence-corrected chi connectivity index (χ2v) is 7.24. The summed E-state index contributed by atoms with van der Waals surface area (Å²) in [6.45, 7) is 1.06. The number of nitrogens with zero attached hydrogens (tertiary/aromatic N) is 2. The molecule has 3 rings (SSSR count). The highest BCUT2D eigenvalue weighted by Gasteiger charge is 2.19. The molecule has 1 amide bonds. The summed E-state index contributed by atoms with van der Waals surface area (Å²) in [5.41, 5.74) is -0.129. The Morgan fingerprint density at radius 1 is 1.26 bits per heavy atom. The van der Waals surface area contributed by atoms with Crippen LogP contribution in [0.2, 0.25) is 5.02 Å². The molecule has 0 unspecified atom stereocenters. The van der Waals surface area contributed by atoms with E-state index in [4.69, 9.17) is 16.0 Å². The van der Waals surface area contributed by atoms with Gasteiger partial charge >= 0.3 is 0 Å². The van der Waals surface area contributed by atoms with Crippen LogP contribution in [0, 0.1) is 10.1 Å². The average molecular weight is 406 g/mol. The Kier molecular flexibility index (Phi) is 6.23. The Bertz CT molecular complexity index is 877. The van der Waals surface area contributed by atoms with Crippen molar-refractivity contribution in [2.24, 2.45) is 0 Å². The SMILES string of the molecule is O=C(CN(Cc1ccco1)Cc1cccs1)Nc1ccc(Cl)cc1[N+](=O)[O-]. The van der Waals surface area contributed by atoms with E-state index in [1.165, 1.54) is 18.2 Å². The number of anilines is 1. The normalized spacial score (nSPS) is 10.9. The molecule has 140 valence electrons. The van der Waals surface area contributed by atoms with E-state index >= 15 is 0 Å². The number of nitro groups is 1. The van der Waals surface area contributed by atoms with Gasteiger partial charge in [-0.1, -0.05) is 17.7 Å². The summed E-state index contributed by atoms with van der Waals surface area (Å²) in [5.74, 6) is 0.375. The fourth-order valence-electron chi connectivity index (χ4n) is 2.57. The van der Waals surface area contributed by atoms with Crippen LogP contribution < -0.4 is 5.32 Å². The Labute approximate surface area is 164 Å². The lowest BCUT2D eigenvalue weighted by Gasteiger charge is -2.20. The molecule has 0 bridgehead atoms. The second kappa shape index (κ2) is 8.81. The van der Waals surface area contributed by atoms with Gasteiger partial charge < -0.3 is 9.73 Å². The predicted octanol–water partition coefficient (Wildman–Crippen LogP) is 4.54. The number of carbonyl (C=O) groups excluding carboxylic acids is 1. The van der Waals surface area contributed by atoms with Crippen LogP contribution in [0.3, 0.4) is 0 Å². The van der Waals surface area contributed by atoms with Crippen LogP contribution in [-0.2, 0) is 17.9 Å². The molecule has 1 aromatic carbocycles. The third-order valence-corrected chi connectivity index (χ3v) is 4.81. The van der Waals surface area contributed by atoms with E-state index in [1.807, 2.05) is 28.5 Å². The first-order valence-corrected chi connectivity index (χ1v) is 9.28. The molecule has 0 aliphatic heterocycles. The van der Waals surface area contributed by atoms with Gasteiger partial charge in [0.1, 0.15) is 11.4 Å². The maximum atomic E-state index is 12.5. The van der Waals surface area contributed by atoms with Crippen LogP contribution in [0.4, 0.5) is 11.4 Å². The minimum atomic E-state index is -0.576. The number of furan rings is 1. The Morgan fingerprint density at radius 3 is 2.78 bits per heavy atom. The van der Waals surface area contributed by atoms with E-state index in [0.29, 0.717) is 13.1 Å². The van der Waals surface area contributed by atoms with Crippen LogP contribution in [-0.4, -0.2) is 22.3 Å². The summed E-state index contributed by atoms with van der Waals surface area (Å²) in [7, 11) is 0. The number of nitro benzene ring substituents is 1. The highest BCUT2D eigenvalue weighted by Crippen LogP contribution is 2.27. The first-order chi connectivity index (χ1) is 13.0. The van der Waals surface area contributed by atoms with E-state index in [1.54, 1.807) is 23.7 Å². The number of hydrogen-bond donors (Lipinski definition) is 1. The van der Waals surface area contributed by atoms with Crippen molar-refractivity contribution >= 4 is 40.2 Å². The van der Waals surface area contributed by atoms with E-state index in [9.17, 15) is 14.9 Å². The van der Waals surface area contributed by atoms with Crippen LogP contribution in [0.5, 0.6) is 0 Å². The molecule has 0 saturated carbocycles. The molecule has 0 saturated heterocycles. The van der Waals surface area contributed by atoms with Gasteiger partial charge in [0.2, 0.25) is 5.91 Å². The average Bonchev–Trinajstić information content (AvgIpc) is 3.30. The minimum absolute atomic E-state index is 0.0539. The Balaban J connectivity index is 1.71. The molecule has 3 aromatic rings. The number of halogens is 1. The maximum absolute atomic E-state index is 12.5. The van der Waals surface area contributed by atoms with Gasteiger partial charge in [-0.2, -0.15) is 0 Å². The summed E-state index contributed by atoms with van der Waals surface area (Å²) >= 11 is 7.40. The summed E-state index contributed by atoms with van der Waals surface area (Å²) in [5, 5.41) is 16.0. The molecule has 2 aromatic heterocycles. The zero-order valence-electron chi connectivity index (χ0n) is 14.1. The molecule has 0 aliphatic rings. The largest absolute Gasteiger partial charge is 0.468 e. The van der Waals surface area contributed by atoms with Gasteiger partial charge in [0, 0.05) is 22.5 Å². The van der Waals surface area contributed by atoms with E-state index in [2.05, 4.69) is 5.32 Å². The smallest absolute Gasteiger partial charge is 0.294 e. The molecule has 0 fully saturated rings. The quantitative estimate of drug-likeness (QED) is 0.439. The van der Waals surface area contributed by atoms with Crippen LogP contribution >= 0.6 is 22.9 Å². The van der Waals surface area contributed by atoms with Crippen molar-refractivity contribution in [3.63, 3.8) is 0 Å². The lowest BCUT2D eigenvalue weighted by Crippen LogP contribution is -2.32. The van der Waals surface area contributed by atoms with E-state index < -0.39 is 4.92 Å². The van der Waals surface area contributed by atoms with Gasteiger partial charge in [0.15, 0.2) is 0 Å². The van der Waals surface area contributed by atoms with Crippen molar-refractivity contribution in [1.82, 2.24) is 4.90 Å². The molecule has 27 heavy (non-hydrogen) atoms. The molecule has 1 N–H and O–H groups in total. The number of amides is 1. The van der Waals surface area contributed by atoms with E-state index in [0.717, 1.165) is 10.6 Å². The molecule has 0 radical (unpaired) electrons. The topological polar surface area (TPSA) is 88.6 Å². The summed E-state index contributed by atoms with van der Waals surface area (Å²) in [6, 6.07) is 11.7. The van der Waals surface area contributed by atoms with Gasteiger partial charge in [0.05, 0.1) is 24.3 Å². The monoisotopic (exact) mass is 405 g/mol. The zero-order chi connectivity index (χ0) is 19.2. The molecule has 0 atom stereocenters. The molecular formula is C18H16ClN3O4S. The molecule has 9 heteroatoms. The van der Waals surface area contributed by atoms with Crippen molar-refractivity contribution in [3.05, 3.63) is 79.9 Å². The second-order valence-electron chi connectivity index (χ2n) is 5.77. The number of carbonyl (C=O) groups is 1. The Morgan fingerprint density at radius 2 is 2.11 bits per heavy atom. The summed E-state index contributed by atoms with van der Waals surface area (Å²) in [6.07, 6.45) is 1.58. The molecule has 7 nitrogen and oxygen atoms in total. The number of benzene rings is 1. The highest BCUT2D eigenvalue weighted by atomic mass is 35.5. The predicted molar refractivity (Wildman–Crippen MR) is 104 cm³/mol. The number of rotatable bonds is 8. The molecule has 2 heterocycles. The van der Waals surface area contributed by atoms with Crippen LogP contribution in [0.1, 0.15) is 10.6 Å². The van der Waals surface area contributed by atoms with Crippen molar-refractivity contribution in [1.29, 1.82) is 0 Å². The fourth-order valence-corrected chi connectivity index (χ4v) is 3.48. The van der Waals surface area contributed by atoms with Gasteiger partial charge in [-0.05, 0) is 35.7 Å². The van der Waals surface area contributed by atoms with E-state index in [-0.39, 0.29) is 28.8 Å². The summed E-state index contributed by atoms with van der Waals surface area (Å²) in [4.78, 5) is 26.1. The maximum Gasteiger partial charge on any atom is 0.294 e. The van der Waals surface area contributed by atoms with Gasteiger partial charge in [-0.3, -0.25) is 19.8 Å². The lowest BCUT2D eigenvalue weighted by atomic mass is 10.2. The number of nitrogens with one attached hydrogen (secondary N) is 1. The fraction of sp³-hybridized carbons (Fsp3) is 0.167. The van der Waals surface area contributed by atoms with Gasteiger partial charge in [-0.15, -0.1) is 11.3 Å². The van der Waals surface area contributed by atoms with Crippen molar-refractivity contribution in [2.75, 3.05) is 11.9 Å². The van der Waals surface area contributed by atoms with Crippen LogP contribution in [0.25, 0.3) is 0 Å². The number of thiophene rings is 1. The van der Waals surface area contributed by atoms with Crippen molar-refractivity contribution in [2.45, 2.75) is 13.1 Å². The number of hydrogen-bond acceptors (Lipinski definition) is 6. The molecule has 0 aliphatic carbocycles. The van der Waals surface area contributed by atoms with Crippen molar-refractivity contribution < 1.29 is 14.1 Å². The third-order valence-electron chi connectivity index (χ3n) is 3.72. The van der Waals surface area contributed by atoms with Crippen molar-refractivity contribution in [3.8, 4) is 0 Å². The molecular weight excluding hydrogens is 390 g/mol. The third kappa shape index (κ3) is 5.40. The van der Waals surface area contributed by atoms with Gasteiger partial charge in [0.25, 0.3) is 5.69 Å². The summed E-state index contributed by atoms with van der Waals surface area (Å²) < 4.78 is 5.37. The lowest BCUT2D eigenvalue weighted by molar-refractivity contribution is -0.383.